The molecule has 1 atom stereocenters. The third kappa shape index (κ3) is 6.83. The second kappa shape index (κ2) is 6.21. The maximum atomic E-state index is 11.7. The van der Waals surface area contributed by atoms with E-state index >= 15 is 0 Å². The van der Waals surface area contributed by atoms with Crippen LogP contribution in [0, 0.1) is 0 Å². The third-order valence-corrected chi connectivity index (χ3v) is 1.70. The lowest BCUT2D eigenvalue weighted by atomic mass is 10.1. The Morgan fingerprint density at radius 2 is 1.85 bits per heavy atom. The molecule has 0 aliphatic heterocycles. The van der Waals surface area contributed by atoms with E-state index in [0.29, 0.717) is 19.4 Å². The summed E-state index contributed by atoms with van der Waals surface area (Å²) in [5.74, 6) is 0. The molecule has 0 amide bonds. The first kappa shape index (κ1) is 12.7. The van der Waals surface area contributed by atoms with Gasteiger partial charge in [-0.2, -0.15) is 13.2 Å². The predicted molar refractivity (Wildman–Crippen MR) is 42.4 cm³/mol. The van der Waals surface area contributed by atoms with E-state index < -0.39 is 12.3 Å². The Bertz CT molecular complexity index is 125. The van der Waals surface area contributed by atoms with Crippen molar-refractivity contribution >= 4 is 0 Å². The van der Waals surface area contributed by atoms with Crippen molar-refractivity contribution in [1.82, 2.24) is 0 Å². The highest BCUT2D eigenvalue weighted by Gasteiger charge is 2.37. The monoisotopic (exact) mass is 200 g/mol. The molecular formula is C8H15F3O2. The first-order valence-electron chi connectivity index (χ1n) is 4.22. The molecule has 80 valence electrons. The molecule has 0 spiro atoms. The Balaban J connectivity index is 3.32. The lowest BCUT2D eigenvalue weighted by Crippen LogP contribution is -2.28. The minimum absolute atomic E-state index is 0.215. The zero-order chi connectivity index (χ0) is 10.3. The summed E-state index contributed by atoms with van der Waals surface area (Å²) in [7, 11) is 1.55. The maximum Gasteiger partial charge on any atom is 0.414 e. The van der Waals surface area contributed by atoms with Crippen molar-refractivity contribution < 1.29 is 23.0 Å². The van der Waals surface area contributed by atoms with Gasteiger partial charge in [0.05, 0.1) is 0 Å². The van der Waals surface area contributed by atoms with Crippen molar-refractivity contribution in [3.63, 3.8) is 0 Å². The van der Waals surface area contributed by atoms with Crippen LogP contribution in [-0.2, 0) is 4.74 Å². The van der Waals surface area contributed by atoms with E-state index in [-0.39, 0.29) is 6.42 Å². The quantitative estimate of drug-likeness (QED) is 0.665. The van der Waals surface area contributed by atoms with Crippen molar-refractivity contribution in [3.05, 3.63) is 0 Å². The van der Waals surface area contributed by atoms with Crippen LogP contribution in [0.1, 0.15) is 25.7 Å². The van der Waals surface area contributed by atoms with Crippen LogP contribution in [0.4, 0.5) is 13.2 Å². The highest BCUT2D eigenvalue weighted by atomic mass is 19.4. The third-order valence-electron chi connectivity index (χ3n) is 1.70. The fraction of sp³-hybridized carbons (Fsp3) is 1.00. The standard InChI is InChI=1S/C8H15F3O2/c1-13-6-4-2-3-5-7(12)8(9,10)11/h7,12H,2-6H2,1H3/t7-/m1/s1. The van der Waals surface area contributed by atoms with Crippen molar-refractivity contribution in [2.24, 2.45) is 0 Å². The lowest BCUT2D eigenvalue weighted by molar-refractivity contribution is -0.205. The molecule has 2 nitrogen and oxygen atoms in total. The summed E-state index contributed by atoms with van der Waals surface area (Å²) in [6.07, 6.45) is -5.09. The van der Waals surface area contributed by atoms with Crippen LogP contribution < -0.4 is 0 Å². The largest absolute Gasteiger partial charge is 0.414 e. The summed E-state index contributed by atoms with van der Waals surface area (Å²) in [4.78, 5) is 0. The van der Waals surface area contributed by atoms with Crippen molar-refractivity contribution in [1.29, 1.82) is 0 Å². The zero-order valence-electron chi connectivity index (χ0n) is 7.60. The molecule has 0 aliphatic rings. The van der Waals surface area contributed by atoms with E-state index in [1.54, 1.807) is 7.11 Å². The predicted octanol–water partition coefficient (Wildman–Crippen LogP) is 2.12. The Hall–Kier alpha value is -0.290. The van der Waals surface area contributed by atoms with Gasteiger partial charge in [0.15, 0.2) is 0 Å². The van der Waals surface area contributed by atoms with Gasteiger partial charge >= 0.3 is 6.18 Å². The number of hydrogen-bond acceptors (Lipinski definition) is 2. The summed E-state index contributed by atoms with van der Waals surface area (Å²) in [5, 5.41) is 8.59. The Morgan fingerprint density at radius 1 is 1.23 bits per heavy atom. The molecule has 0 rings (SSSR count). The molecule has 0 aromatic carbocycles. The van der Waals surface area contributed by atoms with Gasteiger partial charge in [0.1, 0.15) is 6.10 Å². The van der Waals surface area contributed by atoms with Crippen LogP contribution in [0.15, 0.2) is 0 Å². The summed E-state index contributed by atoms with van der Waals surface area (Å²) in [6, 6.07) is 0. The van der Waals surface area contributed by atoms with Crippen LogP contribution in [0.25, 0.3) is 0 Å². The van der Waals surface area contributed by atoms with E-state index in [1.165, 1.54) is 0 Å². The van der Waals surface area contributed by atoms with Crippen LogP contribution in [-0.4, -0.2) is 31.1 Å². The van der Waals surface area contributed by atoms with Crippen molar-refractivity contribution in [2.45, 2.75) is 38.0 Å². The highest BCUT2D eigenvalue weighted by molar-refractivity contribution is 4.64. The van der Waals surface area contributed by atoms with Gasteiger partial charge in [-0.05, 0) is 12.8 Å². The van der Waals surface area contributed by atoms with E-state index in [2.05, 4.69) is 0 Å². The minimum Gasteiger partial charge on any atom is -0.385 e. The second-order valence-corrected chi connectivity index (χ2v) is 2.90. The molecule has 0 saturated carbocycles. The average Bonchev–Trinajstić information content (AvgIpc) is 2.02. The molecule has 0 heterocycles. The smallest absolute Gasteiger partial charge is 0.385 e. The number of ether oxygens (including phenoxy) is 1. The number of alkyl halides is 3. The molecule has 1 N–H and O–H groups in total. The lowest BCUT2D eigenvalue weighted by Gasteiger charge is -2.13. The van der Waals surface area contributed by atoms with E-state index in [1.807, 2.05) is 0 Å². The molecule has 5 heteroatoms. The van der Waals surface area contributed by atoms with Crippen LogP contribution in [0.2, 0.25) is 0 Å². The fourth-order valence-corrected chi connectivity index (χ4v) is 0.925. The van der Waals surface area contributed by atoms with Crippen LogP contribution in [0.5, 0.6) is 0 Å². The fourth-order valence-electron chi connectivity index (χ4n) is 0.925. The summed E-state index contributed by atoms with van der Waals surface area (Å²) < 4.78 is 40.0. The number of methoxy groups -OCH3 is 1. The van der Waals surface area contributed by atoms with E-state index in [9.17, 15) is 13.2 Å². The Morgan fingerprint density at radius 3 is 2.31 bits per heavy atom. The van der Waals surface area contributed by atoms with Gasteiger partial charge in [0.25, 0.3) is 0 Å². The van der Waals surface area contributed by atoms with Crippen molar-refractivity contribution in [3.8, 4) is 0 Å². The molecule has 13 heavy (non-hydrogen) atoms. The summed E-state index contributed by atoms with van der Waals surface area (Å²) >= 11 is 0. The molecule has 0 aliphatic carbocycles. The zero-order valence-corrected chi connectivity index (χ0v) is 7.60. The Kier molecular flexibility index (Phi) is 6.07. The van der Waals surface area contributed by atoms with Gasteiger partial charge < -0.3 is 9.84 Å². The normalized spacial score (nSPS) is 14.5. The number of aliphatic hydroxyl groups excluding tert-OH is 1. The average molecular weight is 200 g/mol. The first-order valence-corrected chi connectivity index (χ1v) is 4.22. The number of unbranched alkanes of at least 4 members (excludes halogenated alkanes) is 2. The first-order chi connectivity index (χ1) is 5.98. The summed E-state index contributed by atoms with van der Waals surface area (Å²) in [6.45, 7) is 0.558. The van der Waals surface area contributed by atoms with Gasteiger partial charge in [-0.25, -0.2) is 0 Å². The molecule has 0 unspecified atom stereocenters. The van der Waals surface area contributed by atoms with Gasteiger partial charge in [-0.3, -0.25) is 0 Å². The molecular weight excluding hydrogens is 185 g/mol. The number of halogens is 3. The number of rotatable bonds is 6. The molecule has 0 fully saturated rings. The van der Waals surface area contributed by atoms with Gasteiger partial charge in [0.2, 0.25) is 0 Å². The summed E-state index contributed by atoms with van der Waals surface area (Å²) in [5.41, 5.74) is 0. The Labute approximate surface area is 75.7 Å². The van der Waals surface area contributed by atoms with E-state index in [0.717, 1.165) is 6.42 Å². The molecule has 0 aromatic heterocycles. The molecule has 0 saturated heterocycles. The number of hydrogen-bond donors (Lipinski definition) is 1. The molecule has 0 radical (unpaired) electrons. The maximum absolute atomic E-state index is 11.7. The SMILES string of the molecule is COCCCCC[C@@H](O)C(F)(F)F. The van der Waals surface area contributed by atoms with Crippen molar-refractivity contribution in [2.75, 3.05) is 13.7 Å². The topological polar surface area (TPSA) is 29.5 Å². The van der Waals surface area contributed by atoms with Crippen LogP contribution in [0.3, 0.4) is 0 Å². The van der Waals surface area contributed by atoms with Gasteiger partial charge in [-0.1, -0.05) is 12.8 Å². The van der Waals surface area contributed by atoms with Gasteiger partial charge in [0, 0.05) is 13.7 Å². The second-order valence-electron chi connectivity index (χ2n) is 2.90. The molecule has 0 bridgehead atoms. The number of aliphatic hydroxyl groups is 1. The van der Waals surface area contributed by atoms with Gasteiger partial charge in [-0.15, -0.1) is 0 Å². The van der Waals surface area contributed by atoms with Crippen LogP contribution >= 0.6 is 0 Å². The minimum atomic E-state index is -4.47. The molecule has 0 aromatic rings. The van der Waals surface area contributed by atoms with E-state index in [4.69, 9.17) is 9.84 Å². The highest BCUT2D eigenvalue weighted by Crippen LogP contribution is 2.23.